The highest BCUT2D eigenvalue weighted by molar-refractivity contribution is 7.91. The summed E-state index contributed by atoms with van der Waals surface area (Å²) in [7, 11) is 2.00. The van der Waals surface area contributed by atoms with Crippen molar-refractivity contribution in [2.45, 2.75) is 134 Å². The average Bonchev–Trinajstić information content (AvgIpc) is 3.59. The van der Waals surface area contributed by atoms with Gasteiger partial charge < -0.3 is 18.9 Å². The number of ether oxygens (including phenoxy) is 2. The van der Waals surface area contributed by atoms with E-state index in [1.165, 1.54) is 11.1 Å². The van der Waals surface area contributed by atoms with Crippen molar-refractivity contribution in [3.63, 3.8) is 0 Å². The molecule has 12 heteroatoms. The largest absolute Gasteiger partial charge is 0.616 e. The van der Waals surface area contributed by atoms with E-state index in [9.17, 15) is 36.1 Å². The minimum atomic E-state index is -5.56. The summed E-state index contributed by atoms with van der Waals surface area (Å²) in [6, 6.07) is 6.05. The van der Waals surface area contributed by atoms with Crippen LogP contribution in [0.15, 0.2) is 18.2 Å². The zero-order valence-electron chi connectivity index (χ0n) is 29.5. The van der Waals surface area contributed by atoms with Gasteiger partial charge in [0, 0.05) is 31.3 Å². The topological polar surface area (TPSA) is 78.9 Å². The molecule has 0 radical (unpaired) electrons. The van der Waals surface area contributed by atoms with Gasteiger partial charge in [-0.15, -0.1) is 0 Å². The van der Waals surface area contributed by atoms with Crippen LogP contribution < -0.4 is 4.74 Å². The fourth-order valence-electron chi connectivity index (χ4n) is 9.38. The molecule has 4 aliphatic rings. The van der Waals surface area contributed by atoms with Crippen LogP contribution in [0.2, 0.25) is 0 Å². The standard InChI is InChI=1S/C38H54F5NO5S/c1-36-19-16-31-30-13-12-28(48-35(46)49-29-17-20-44(2)25-29)24-27(30)23-26(34(31)32(36)14-15-33(36)45)11-8-6-4-3-5-7-9-21-50(47)22-10-18-37(39,40)38(41,42)43/h12-13,24,26,29,31-32,34H,3-11,14-23,25H2,1-2H3/t26-,29?,31-,32+,34-,36+,50?/m1/s1. The van der Waals surface area contributed by atoms with Crippen LogP contribution in [-0.2, 0) is 27.1 Å². The van der Waals surface area contributed by atoms with Crippen molar-refractivity contribution >= 4 is 23.1 Å². The Kier molecular flexibility index (Phi) is 13.2. The predicted molar refractivity (Wildman–Crippen MR) is 183 cm³/mol. The van der Waals surface area contributed by atoms with Crippen LogP contribution in [0.25, 0.3) is 0 Å². The minimum Gasteiger partial charge on any atom is -0.616 e. The van der Waals surface area contributed by atoms with Gasteiger partial charge in [-0.3, -0.25) is 4.79 Å². The number of fused-ring (bicyclic) bond motifs is 5. The number of likely N-dealkylation sites (N-methyl/N-ethyl adjacent to an activating group) is 1. The molecule has 0 amide bonds. The summed E-state index contributed by atoms with van der Waals surface area (Å²) < 4.78 is 86.2. The number of nitrogens with zero attached hydrogens (tertiary/aromatic N) is 1. The number of halogens is 5. The molecule has 1 aliphatic heterocycles. The molecule has 6 nitrogen and oxygen atoms in total. The summed E-state index contributed by atoms with van der Waals surface area (Å²) in [6.45, 7) is 3.80. The summed E-state index contributed by atoms with van der Waals surface area (Å²) in [6.07, 6.45) is 5.04. The molecular formula is C38H54F5NO5S. The van der Waals surface area contributed by atoms with Crippen molar-refractivity contribution in [3.8, 4) is 5.75 Å². The molecule has 7 atom stereocenters. The van der Waals surface area contributed by atoms with Crippen molar-refractivity contribution < 1.29 is 45.6 Å². The SMILES string of the molecule is CN1CCC(OC(=O)Oc2ccc3c(c2)C[C@@H](CCCCCCCCC[S+]([O-])CCCC(F)(F)C(F)(F)F)[C@@H]2[C@@H]3CC[C@]3(C)C(=O)CC[C@@H]23)C1. The number of carbonyl (C=O) groups is 2. The molecule has 1 aromatic carbocycles. The van der Waals surface area contributed by atoms with Crippen LogP contribution in [0.3, 0.4) is 0 Å². The fraction of sp³-hybridized carbons (Fsp3) is 0.789. The van der Waals surface area contributed by atoms with E-state index < -0.39 is 42.3 Å². The fourth-order valence-corrected chi connectivity index (χ4v) is 10.6. The predicted octanol–water partition coefficient (Wildman–Crippen LogP) is 9.40. The van der Waals surface area contributed by atoms with Crippen molar-refractivity contribution in [2.75, 3.05) is 31.6 Å². The summed E-state index contributed by atoms with van der Waals surface area (Å²) in [5, 5.41) is 0. The lowest BCUT2D eigenvalue weighted by atomic mass is 9.52. The summed E-state index contributed by atoms with van der Waals surface area (Å²) >= 11 is -1.38. The van der Waals surface area contributed by atoms with E-state index in [1.54, 1.807) is 0 Å². The van der Waals surface area contributed by atoms with E-state index in [4.69, 9.17) is 9.47 Å². The van der Waals surface area contributed by atoms with Gasteiger partial charge in [0.05, 0.1) is 0 Å². The van der Waals surface area contributed by atoms with Gasteiger partial charge in [-0.2, -0.15) is 22.0 Å². The number of benzene rings is 1. The van der Waals surface area contributed by atoms with Crippen LogP contribution in [0.1, 0.15) is 120 Å². The normalized spacial score (nSPS) is 29.0. The number of hydrogen-bond acceptors (Lipinski definition) is 6. The Bertz CT molecular complexity index is 1310. The van der Waals surface area contributed by atoms with Crippen LogP contribution >= 0.6 is 0 Å². The van der Waals surface area contributed by atoms with Gasteiger partial charge in [-0.25, -0.2) is 4.79 Å². The zero-order valence-corrected chi connectivity index (χ0v) is 30.4. The first kappa shape index (κ1) is 39.3. The molecule has 5 rings (SSSR count). The van der Waals surface area contributed by atoms with Gasteiger partial charge in [0.2, 0.25) is 0 Å². The van der Waals surface area contributed by atoms with Crippen LogP contribution in [0.4, 0.5) is 26.7 Å². The molecule has 0 bridgehead atoms. The second-order valence-corrected chi connectivity index (χ2v) is 17.3. The van der Waals surface area contributed by atoms with E-state index >= 15 is 0 Å². The Balaban J connectivity index is 1.07. The van der Waals surface area contributed by atoms with Gasteiger partial charge in [0.25, 0.3) is 0 Å². The van der Waals surface area contributed by atoms with Gasteiger partial charge in [-0.05, 0) is 112 Å². The van der Waals surface area contributed by atoms with Gasteiger partial charge in [0.15, 0.2) is 0 Å². The van der Waals surface area contributed by atoms with E-state index in [1.807, 2.05) is 19.2 Å². The third-order valence-corrected chi connectivity index (χ3v) is 13.6. The summed E-state index contributed by atoms with van der Waals surface area (Å²) in [5.41, 5.74) is 2.35. The van der Waals surface area contributed by atoms with Crippen molar-refractivity contribution in [1.29, 1.82) is 0 Å². The van der Waals surface area contributed by atoms with Gasteiger partial charge in [-0.1, -0.05) is 56.3 Å². The summed E-state index contributed by atoms with van der Waals surface area (Å²) in [4.78, 5) is 27.8. The molecule has 2 unspecified atom stereocenters. The lowest BCUT2D eigenvalue weighted by molar-refractivity contribution is -0.284. The maximum Gasteiger partial charge on any atom is 0.514 e. The maximum atomic E-state index is 13.1. The second kappa shape index (κ2) is 16.8. The van der Waals surface area contributed by atoms with E-state index in [0.29, 0.717) is 60.3 Å². The highest BCUT2D eigenvalue weighted by Crippen LogP contribution is 2.61. The second-order valence-electron chi connectivity index (χ2n) is 15.6. The number of ketones is 1. The molecule has 3 aliphatic carbocycles. The smallest absolute Gasteiger partial charge is 0.514 e. The van der Waals surface area contributed by atoms with Crippen LogP contribution in [0.5, 0.6) is 5.75 Å². The zero-order chi connectivity index (χ0) is 36.1. The van der Waals surface area contributed by atoms with Gasteiger partial charge in [0.1, 0.15) is 29.1 Å². The lowest BCUT2D eigenvalue weighted by Gasteiger charge is -2.51. The number of likely N-dealkylation sites (tertiary alicyclic amines) is 1. The molecule has 282 valence electrons. The third kappa shape index (κ3) is 9.54. The first-order chi connectivity index (χ1) is 23.7. The average molecular weight is 732 g/mol. The van der Waals surface area contributed by atoms with Gasteiger partial charge >= 0.3 is 18.3 Å². The molecule has 0 N–H and O–H groups in total. The van der Waals surface area contributed by atoms with Crippen molar-refractivity contribution in [2.24, 2.45) is 23.2 Å². The summed E-state index contributed by atoms with van der Waals surface area (Å²) in [5.74, 6) is -1.88. The Morgan fingerprint density at radius 2 is 1.70 bits per heavy atom. The number of hydrogen-bond donors (Lipinski definition) is 0. The van der Waals surface area contributed by atoms with E-state index in [0.717, 1.165) is 83.6 Å². The molecule has 0 aromatic heterocycles. The number of Topliss-reactive ketones (excluding diaryl/α,β-unsaturated/α-hetero) is 1. The maximum absolute atomic E-state index is 13.1. The lowest BCUT2D eigenvalue weighted by Crippen LogP contribution is -2.46. The molecule has 50 heavy (non-hydrogen) atoms. The molecular weight excluding hydrogens is 677 g/mol. The van der Waals surface area contributed by atoms with E-state index in [-0.39, 0.29) is 17.3 Å². The molecule has 1 saturated heterocycles. The first-order valence-corrected chi connectivity index (χ1v) is 20.2. The first-order valence-electron chi connectivity index (χ1n) is 18.7. The molecule has 1 heterocycles. The minimum absolute atomic E-state index is 0.132. The van der Waals surface area contributed by atoms with Crippen LogP contribution in [0, 0.1) is 23.2 Å². The van der Waals surface area contributed by atoms with Crippen LogP contribution in [-0.4, -0.2) is 71.2 Å². The molecule has 1 aromatic rings. The third-order valence-electron chi connectivity index (χ3n) is 12.1. The Morgan fingerprint density at radius 3 is 2.40 bits per heavy atom. The number of rotatable bonds is 16. The highest BCUT2D eigenvalue weighted by atomic mass is 32.2. The highest BCUT2D eigenvalue weighted by Gasteiger charge is 2.57. The Labute approximate surface area is 296 Å². The molecule has 3 fully saturated rings. The molecule has 0 spiro atoms. The van der Waals surface area contributed by atoms with Crippen molar-refractivity contribution in [1.82, 2.24) is 4.90 Å². The number of alkyl halides is 5. The van der Waals surface area contributed by atoms with E-state index in [2.05, 4.69) is 17.9 Å². The monoisotopic (exact) mass is 731 g/mol. The molecule has 2 saturated carbocycles. The Hall–Kier alpha value is -1.92. The Morgan fingerprint density at radius 1 is 1.00 bits per heavy atom. The van der Waals surface area contributed by atoms with Crippen molar-refractivity contribution in [3.05, 3.63) is 29.3 Å². The quantitative estimate of drug-likeness (QED) is 0.0555. The number of unbranched alkanes of at least 4 members (excludes halogenated alkanes) is 6. The number of carbonyl (C=O) groups excluding carboxylic acids is 2.